The summed E-state index contributed by atoms with van der Waals surface area (Å²) in [5.74, 6) is 0.116. The molecule has 0 N–H and O–H groups in total. The summed E-state index contributed by atoms with van der Waals surface area (Å²) >= 11 is 3.27. The second kappa shape index (κ2) is 5.90. The van der Waals surface area contributed by atoms with Crippen LogP contribution in [0.4, 0.5) is 0 Å². The van der Waals surface area contributed by atoms with Gasteiger partial charge in [0.2, 0.25) is 0 Å². The highest BCUT2D eigenvalue weighted by Gasteiger charge is 2.39. The summed E-state index contributed by atoms with van der Waals surface area (Å²) in [6, 6.07) is 2.68. The van der Waals surface area contributed by atoms with Crippen LogP contribution < -0.4 is 0 Å². The number of carbonyl (C=O) groups excluding carboxylic acids is 1. The molecule has 0 spiro atoms. The fourth-order valence-corrected chi connectivity index (χ4v) is 4.05. The van der Waals surface area contributed by atoms with Gasteiger partial charge in [-0.25, -0.2) is 0 Å². The summed E-state index contributed by atoms with van der Waals surface area (Å²) in [7, 11) is 0. The number of amides is 1. The zero-order valence-corrected chi connectivity index (χ0v) is 13.4. The summed E-state index contributed by atoms with van der Waals surface area (Å²) < 4.78 is 5.83. The summed E-state index contributed by atoms with van der Waals surface area (Å²) in [5.41, 5.74) is 0.657. The van der Waals surface area contributed by atoms with Crippen molar-refractivity contribution in [1.82, 2.24) is 9.80 Å². The van der Waals surface area contributed by atoms with Crippen molar-refractivity contribution in [2.45, 2.75) is 44.7 Å². The molecule has 5 heteroatoms. The second-order valence-electron chi connectivity index (χ2n) is 5.69. The van der Waals surface area contributed by atoms with Gasteiger partial charge >= 0.3 is 0 Å². The number of likely N-dealkylation sites (tertiary alicyclic amines) is 2. The Hall–Kier alpha value is -0.810. The average molecular weight is 341 g/mol. The molecule has 1 aromatic rings. The maximum atomic E-state index is 12.6. The minimum Gasteiger partial charge on any atom is -0.457 e. The molecule has 0 unspecified atom stereocenters. The molecule has 0 bridgehead atoms. The molecule has 2 aliphatic rings. The highest BCUT2D eigenvalue weighted by Crippen LogP contribution is 2.31. The van der Waals surface area contributed by atoms with Crippen molar-refractivity contribution in [3.63, 3.8) is 0 Å². The van der Waals surface area contributed by atoms with Gasteiger partial charge in [-0.1, -0.05) is 6.92 Å². The lowest BCUT2D eigenvalue weighted by atomic mass is 10.0. The molecule has 3 heterocycles. The van der Waals surface area contributed by atoms with Crippen molar-refractivity contribution in [1.29, 1.82) is 0 Å². The SMILES string of the molecule is CCN1CCC[C@H]1[C@H]1CCCN1C(=O)c1coc(Br)c1. The van der Waals surface area contributed by atoms with Gasteiger partial charge in [-0.05, 0) is 54.7 Å². The fourth-order valence-electron chi connectivity index (χ4n) is 3.71. The van der Waals surface area contributed by atoms with E-state index >= 15 is 0 Å². The monoisotopic (exact) mass is 340 g/mol. The number of nitrogens with zero attached hydrogens (tertiary/aromatic N) is 2. The van der Waals surface area contributed by atoms with Gasteiger partial charge in [-0.15, -0.1) is 0 Å². The van der Waals surface area contributed by atoms with Crippen molar-refractivity contribution in [2.75, 3.05) is 19.6 Å². The lowest BCUT2D eigenvalue weighted by Gasteiger charge is -2.34. The zero-order chi connectivity index (χ0) is 14.1. The largest absolute Gasteiger partial charge is 0.457 e. The van der Waals surface area contributed by atoms with Crippen LogP contribution in [0.25, 0.3) is 0 Å². The van der Waals surface area contributed by atoms with E-state index in [2.05, 4.69) is 32.7 Å². The van der Waals surface area contributed by atoms with E-state index in [9.17, 15) is 4.79 Å². The van der Waals surface area contributed by atoms with Crippen molar-refractivity contribution >= 4 is 21.8 Å². The number of hydrogen-bond acceptors (Lipinski definition) is 3. The summed E-state index contributed by atoms with van der Waals surface area (Å²) in [6.07, 6.45) is 6.27. The van der Waals surface area contributed by atoms with E-state index in [1.54, 1.807) is 12.3 Å². The molecule has 0 saturated carbocycles. The first-order valence-corrected chi connectivity index (χ1v) is 8.29. The first-order chi connectivity index (χ1) is 9.70. The molecule has 3 rings (SSSR count). The third-order valence-electron chi connectivity index (χ3n) is 4.64. The highest BCUT2D eigenvalue weighted by atomic mass is 79.9. The molecule has 2 aliphatic heterocycles. The number of likely N-dealkylation sites (N-methyl/N-ethyl adjacent to an activating group) is 1. The van der Waals surface area contributed by atoms with Crippen molar-refractivity contribution in [3.05, 3.63) is 22.6 Å². The molecule has 0 aromatic carbocycles. The number of carbonyl (C=O) groups is 1. The van der Waals surface area contributed by atoms with Crippen LogP contribution in [0.1, 0.15) is 43.0 Å². The predicted octanol–water partition coefficient (Wildman–Crippen LogP) is 3.13. The Morgan fingerprint density at radius 2 is 2.10 bits per heavy atom. The highest BCUT2D eigenvalue weighted by molar-refractivity contribution is 9.10. The van der Waals surface area contributed by atoms with Crippen LogP contribution in [0, 0.1) is 0 Å². The van der Waals surface area contributed by atoms with Crippen LogP contribution in [0.15, 0.2) is 21.4 Å². The molecule has 4 nitrogen and oxygen atoms in total. The molecule has 1 aromatic heterocycles. The van der Waals surface area contributed by atoms with Crippen LogP contribution in [-0.2, 0) is 0 Å². The number of hydrogen-bond donors (Lipinski definition) is 0. The van der Waals surface area contributed by atoms with Crippen molar-refractivity contribution < 1.29 is 9.21 Å². The molecule has 110 valence electrons. The Morgan fingerprint density at radius 1 is 1.35 bits per heavy atom. The Morgan fingerprint density at radius 3 is 2.80 bits per heavy atom. The molecule has 1 amide bonds. The Balaban J connectivity index is 1.77. The number of rotatable bonds is 3. The lowest BCUT2D eigenvalue weighted by molar-refractivity contribution is 0.0649. The first-order valence-electron chi connectivity index (χ1n) is 7.49. The van der Waals surface area contributed by atoms with Gasteiger partial charge in [0.1, 0.15) is 6.26 Å². The Kier molecular flexibility index (Phi) is 4.17. The quantitative estimate of drug-likeness (QED) is 0.848. The van der Waals surface area contributed by atoms with E-state index in [0.717, 1.165) is 25.9 Å². The maximum absolute atomic E-state index is 12.6. The topological polar surface area (TPSA) is 36.7 Å². The fraction of sp³-hybridized carbons (Fsp3) is 0.667. The summed E-state index contributed by atoms with van der Waals surface area (Å²) in [4.78, 5) is 17.2. The normalized spacial score (nSPS) is 27.4. The summed E-state index contributed by atoms with van der Waals surface area (Å²) in [5, 5.41) is 0. The maximum Gasteiger partial charge on any atom is 0.257 e. The predicted molar refractivity (Wildman–Crippen MR) is 80.7 cm³/mol. The van der Waals surface area contributed by atoms with Crippen LogP contribution >= 0.6 is 15.9 Å². The average Bonchev–Trinajstić information content (AvgIpc) is 3.16. The third-order valence-corrected chi connectivity index (χ3v) is 5.05. The van der Waals surface area contributed by atoms with Gasteiger partial charge in [-0.3, -0.25) is 9.69 Å². The van der Waals surface area contributed by atoms with E-state index in [0.29, 0.717) is 22.3 Å². The van der Waals surface area contributed by atoms with Crippen LogP contribution in [-0.4, -0.2) is 47.4 Å². The third kappa shape index (κ3) is 2.53. The zero-order valence-electron chi connectivity index (χ0n) is 11.8. The van der Waals surface area contributed by atoms with Gasteiger partial charge in [0, 0.05) is 24.7 Å². The van der Waals surface area contributed by atoms with E-state index in [-0.39, 0.29) is 5.91 Å². The molecule has 2 saturated heterocycles. The minimum absolute atomic E-state index is 0.116. The van der Waals surface area contributed by atoms with Crippen molar-refractivity contribution in [2.24, 2.45) is 0 Å². The number of halogens is 1. The van der Waals surface area contributed by atoms with Gasteiger partial charge in [0.25, 0.3) is 5.91 Å². The summed E-state index contributed by atoms with van der Waals surface area (Å²) in [6.45, 7) is 5.35. The van der Waals surface area contributed by atoms with Gasteiger partial charge in [0.15, 0.2) is 4.67 Å². The Bertz CT molecular complexity index is 488. The molecule has 20 heavy (non-hydrogen) atoms. The van der Waals surface area contributed by atoms with Gasteiger partial charge in [-0.2, -0.15) is 0 Å². The van der Waals surface area contributed by atoms with Crippen LogP contribution in [0.2, 0.25) is 0 Å². The molecular weight excluding hydrogens is 320 g/mol. The smallest absolute Gasteiger partial charge is 0.257 e. The molecule has 0 aliphatic carbocycles. The van der Waals surface area contributed by atoms with Crippen LogP contribution in [0.3, 0.4) is 0 Å². The standard InChI is InChI=1S/C15H21BrN2O2/c1-2-17-7-3-5-12(17)13-6-4-8-18(13)15(19)11-9-14(16)20-10-11/h9-10,12-13H,2-8H2,1H3/t12-,13+/m0/s1. The van der Waals surface area contributed by atoms with Gasteiger partial charge in [0.05, 0.1) is 5.56 Å². The lowest BCUT2D eigenvalue weighted by Crippen LogP contribution is -2.48. The molecule has 2 fully saturated rings. The van der Waals surface area contributed by atoms with E-state index in [1.807, 2.05) is 0 Å². The van der Waals surface area contributed by atoms with E-state index < -0.39 is 0 Å². The molecule has 0 radical (unpaired) electrons. The molecular formula is C15H21BrN2O2. The van der Waals surface area contributed by atoms with E-state index in [4.69, 9.17) is 4.42 Å². The second-order valence-corrected chi connectivity index (χ2v) is 6.47. The molecule has 2 atom stereocenters. The minimum atomic E-state index is 0.116. The van der Waals surface area contributed by atoms with Gasteiger partial charge < -0.3 is 9.32 Å². The van der Waals surface area contributed by atoms with Crippen LogP contribution in [0.5, 0.6) is 0 Å². The van der Waals surface area contributed by atoms with E-state index in [1.165, 1.54) is 19.4 Å². The van der Waals surface area contributed by atoms with Crippen molar-refractivity contribution in [3.8, 4) is 0 Å². The number of furan rings is 1. The Labute approximate surface area is 128 Å². The first kappa shape index (κ1) is 14.1.